The summed E-state index contributed by atoms with van der Waals surface area (Å²) < 4.78 is 5.19. The van der Waals surface area contributed by atoms with Gasteiger partial charge in [0.1, 0.15) is 5.75 Å². The molecule has 2 atom stereocenters. The van der Waals surface area contributed by atoms with Crippen LogP contribution in [-0.4, -0.2) is 23.9 Å². The number of ether oxygens (including phenoxy) is 1. The molecule has 7 heteroatoms. The number of anilines is 1. The Morgan fingerprint density at radius 3 is 2.44 bits per heavy atom. The monoisotopic (exact) mass is 378 g/mol. The molecule has 2 aromatic carbocycles. The van der Waals surface area contributed by atoms with Crippen molar-refractivity contribution in [3.05, 3.63) is 58.1 Å². The first kappa shape index (κ1) is 17.6. The van der Waals surface area contributed by atoms with Crippen LogP contribution in [0.1, 0.15) is 18.5 Å². The second-order valence-electron chi connectivity index (χ2n) is 5.74. The van der Waals surface area contributed by atoms with Crippen molar-refractivity contribution >= 4 is 40.6 Å². The van der Waals surface area contributed by atoms with Gasteiger partial charge in [-0.3, -0.25) is 5.01 Å². The highest BCUT2D eigenvalue weighted by Gasteiger charge is 2.40. The van der Waals surface area contributed by atoms with Crippen molar-refractivity contribution in [2.24, 2.45) is 11.0 Å². The molecule has 0 radical (unpaired) electrons. The van der Waals surface area contributed by atoms with Crippen molar-refractivity contribution in [3.8, 4) is 5.75 Å². The van der Waals surface area contributed by atoms with E-state index < -0.39 is 5.97 Å². The maximum Gasteiger partial charge on any atom is 0.352 e. The SMILES string of the molecule is COc1ccc([C@@H]2C(C)C(C(=O)O)=NN2c2ccc(Cl)cc2Cl)cc1. The maximum atomic E-state index is 11.6. The minimum Gasteiger partial charge on any atom is -0.497 e. The van der Waals surface area contributed by atoms with Crippen molar-refractivity contribution in [3.63, 3.8) is 0 Å². The fourth-order valence-corrected chi connectivity index (χ4v) is 3.47. The number of halogens is 2. The van der Waals surface area contributed by atoms with Crippen LogP contribution >= 0.6 is 23.2 Å². The molecule has 0 aliphatic carbocycles. The predicted octanol–water partition coefficient (Wildman–Crippen LogP) is 4.64. The summed E-state index contributed by atoms with van der Waals surface area (Å²) in [7, 11) is 1.60. The van der Waals surface area contributed by atoms with E-state index in [4.69, 9.17) is 27.9 Å². The Morgan fingerprint density at radius 1 is 1.20 bits per heavy atom. The molecule has 0 fully saturated rings. The van der Waals surface area contributed by atoms with Crippen LogP contribution in [0.3, 0.4) is 0 Å². The smallest absolute Gasteiger partial charge is 0.352 e. The molecule has 1 unspecified atom stereocenters. The zero-order chi connectivity index (χ0) is 18.1. The van der Waals surface area contributed by atoms with Crippen molar-refractivity contribution in [2.45, 2.75) is 13.0 Å². The average molecular weight is 379 g/mol. The highest BCUT2D eigenvalue weighted by atomic mass is 35.5. The Balaban J connectivity index is 2.08. The fraction of sp³-hybridized carbons (Fsp3) is 0.222. The molecule has 0 amide bonds. The third-order valence-corrected chi connectivity index (χ3v) is 4.75. The first-order chi connectivity index (χ1) is 11.9. The van der Waals surface area contributed by atoms with Crippen molar-refractivity contribution < 1.29 is 14.6 Å². The summed E-state index contributed by atoms with van der Waals surface area (Å²) in [4.78, 5) is 11.6. The topological polar surface area (TPSA) is 62.1 Å². The Morgan fingerprint density at radius 2 is 1.88 bits per heavy atom. The number of hydrogen-bond acceptors (Lipinski definition) is 4. The number of nitrogens with zero attached hydrogens (tertiary/aromatic N) is 2. The van der Waals surface area contributed by atoms with Crippen LogP contribution in [0, 0.1) is 5.92 Å². The molecule has 5 nitrogen and oxygen atoms in total. The van der Waals surface area contributed by atoms with Gasteiger partial charge in [0.25, 0.3) is 0 Å². The van der Waals surface area contributed by atoms with E-state index in [-0.39, 0.29) is 17.7 Å². The third kappa shape index (κ3) is 3.30. The quantitative estimate of drug-likeness (QED) is 0.841. The number of aliphatic carboxylic acids is 1. The summed E-state index contributed by atoms with van der Waals surface area (Å²) in [5.74, 6) is -0.638. The van der Waals surface area contributed by atoms with Crippen molar-refractivity contribution in [1.29, 1.82) is 0 Å². The van der Waals surface area contributed by atoms with Crippen LogP contribution in [-0.2, 0) is 4.79 Å². The molecule has 1 N–H and O–H groups in total. The van der Waals surface area contributed by atoms with Gasteiger partial charge in [0.05, 0.1) is 23.9 Å². The Bertz CT molecular complexity index is 837. The highest BCUT2D eigenvalue weighted by molar-refractivity contribution is 6.38. The Hall–Kier alpha value is -2.24. The van der Waals surface area contributed by atoms with E-state index in [1.165, 1.54) is 0 Å². The molecule has 0 saturated carbocycles. The molecule has 0 saturated heterocycles. The lowest BCUT2D eigenvalue weighted by Crippen LogP contribution is -2.26. The maximum absolute atomic E-state index is 11.6. The number of hydrazone groups is 1. The Labute approximate surface area is 155 Å². The minimum absolute atomic E-state index is 0.0897. The van der Waals surface area contributed by atoms with Crippen LogP contribution in [0.5, 0.6) is 5.75 Å². The molecule has 0 aromatic heterocycles. The van der Waals surface area contributed by atoms with Crippen LogP contribution in [0.2, 0.25) is 10.0 Å². The van der Waals surface area contributed by atoms with Gasteiger partial charge < -0.3 is 9.84 Å². The summed E-state index contributed by atoms with van der Waals surface area (Å²) >= 11 is 12.3. The second-order valence-corrected chi connectivity index (χ2v) is 6.58. The van der Waals surface area contributed by atoms with Gasteiger partial charge in [0.15, 0.2) is 5.71 Å². The van der Waals surface area contributed by atoms with Crippen LogP contribution < -0.4 is 9.75 Å². The molecule has 2 aromatic rings. The van der Waals surface area contributed by atoms with Crippen LogP contribution in [0.4, 0.5) is 5.69 Å². The number of benzene rings is 2. The molecule has 1 aliphatic heterocycles. The van der Waals surface area contributed by atoms with Gasteiger partial charge in [0.2, 0.25) is 0 Å². The molecule has 130 valence electrons. The average Bonchev–Trinajstić information content (AvgIpc) is 2.92. The fourth-order valence-electron chi connectivity index (χ4n) is 2.97. The van der Waals surface area contributed by atoms with Crippen LogP contribution in [0.25, 0.3) is 0 Å². The lowest BCUT2D eigenvalue weighted by Gasteiger charge is -2.27. The van der Waals surface area contributed by atoms with Gasteiger partial charge in [-0.05, 0) is 35.9 Å². The zero-order valence-corrected chi connectivity index (χ0v) is 15.1. The molecule has 1 aliphatic rings. The lowest BCUT2D eigenvalue weighted by atomic mass is 9.91. The van der Waals surface area contributed by atoms with Gasteiger partial charge in [-0.15, -0.1) is 0 Å². The number of rotatable bonds is 4. The number of carboxylic acid groups (broad SMARTS) is 1. The molecule has 3 rings (SSSR count). The highest BCUT2D eigenvalue weighted by Crippen LogP contribution is 2.42. The Kier molecular flexibility index (Phi) is 4.88. The van der Waals surface area contributed by atoms with Crippen molar-refractivity contribution in [2.75, 3.05) is 12.1 Å². The molecular formula is C18H16Cl2N2O3. The number of methoxy groups -OCH3 is 1. The van der Waals surface area contributed by atoms with E-state index in [1.54, 1.807) is 30.3 Å². The number of hydrogen-bond donors (Lipinski definition) is 1. The number of carbonyl (C=O) groups is 1. The predicted molar refractivity (Wildman–Crippen MR) is 98.9 cm³/mol. The minimum atomic E-state index is -1.04. The van der Waals surface area contributed by atoms with Gasteiger partial charge >= 0.3 is 5.97 Å². The van der Waals surface area contributed by atoms with Gasteiger partial charge in [-0.2, -0.15) is 5.10 Å². The molecule has 1 heterocycles. The first-order valence-electron chi connectivity index (χ1n) is 7.62. The summed E-state index contributed by atoms with van der Waals surface area (Å²) in [5.41, 5.74) is 1.61. The van der Waals surface area contributed by atoms with Gasteiger partial charge in [-0.25, -0.2) is 4.79 Å². The summed E-state index contributed by atoms with van der Waals surface area (Å²) in [6, 6.07) is 12.2. The van der Waals surface area contributed by atoms with E-state index in [0.717, 1.165) is 11.3 Å². The van der Waals surface area contributed by atoms with Crippen molar-refractivity contribution in [1.82, 2.24) is 0 Å². The largest absolute Gasteiger partial charge is 0.497 e. The first-order valence-corrected chi connectivity index (χ1v) is 8.38. The van der Waals surface area contributed by atoms with E-state index in [2.05, 4.69) is 5.10 Å². The molecular weight excluding hydrogens is 363 g/mol. The molecule has 25 heavy (non-hydrogen) atoms. The molecule has 0 spiro atoms. The standard InChI is InChI=1S/C18H16Cl2N2O3/c1-10-16(18(23)24)21-22(15-8-5-12(19)9-14(15)20)17(10)11-3-6-13(25-2)7-4-11/h3-10,17H,1-2H3,(H,23,24)/t10?,17-/m0/s1. The van der Waals surface area contributed by atoms with E-state index in [0.29, 0.717) is 15.7 Å². The second kappa shape index (κ2) is 6.94. The van der Waals surface area contributed by atoms with E-state index in [1.807, 2.05) is 31.2 Å². The van der Waals surface area contributed by atoms with Crippen LogP contribution in [0.15, 0.2) is 47.6 Å². The van der Waals surface area contributed by atoms with Gasteiger partial charge in [0, 0.05) is 10.9 Å². The summed E-state index contributed by atoms with van der Waals surface area (Å²) in [5, 5.41) is 16.4. The lowest BCUT2D eigenvalue weighted by molar-refractivity contribution is -0.129. The number of carboxylic acids is 1. The summed E-state index contributed by atoms with van der Waals surface area (Å²) in [6.45, 7) is 1.84. The molecule has 0 bridgehead atoms. The van der Waals surface area contributed by atoms with E-state index in [9.17, 15) is 9.90 Å². The van der Waals surface area contributed by atoms with E-state index >= 15 is 0 Å². The third-order valence-electron chi connectivity index (χ3n) is 4.22. The summed E-state index contributed by atoms with van der Waals surface area (Å²) in [6.07, 6.45) is 0. The zero-order valence-electron chi connectivity index (χ0n) is 13.6. The normalized spacial score (nSPS) is 19.7. The van der Waals surface area contributed by atoms with Gasteiger partial charge in [-0.1, -0.05) is 42.3 Å².